The SMILES string of the molecule is CCC(CC)C(=O)O.CN=C(N=CN)c1ccc(C2(C#N)CCC(CO)O2)[nH]1.O=Cc1ccccc1. The first-order chi connectivity index (χ1) is 17.3. The van der Waals surface area contributed by atoms with Crippen LogP contribution in [0.3, 0.4) is 0 Å². The van der Waals surface area contributed by atoms with E-state index in [1.54, 1.807) is 31.3 Å². The molecule has 10 heteroatoms. The molecule has 1 aliphatic rings. The van der Waals surface area contributed by atoms with Gasteiger partial charge in [0, 0.05) is 12.6 Å². The molecule has 194 valence electrons. The lowest BCUT2D eigenvalue weighted by Gasteiger charge is -2.20. The van der Waals surface area contributed by atoms with Crippen molar-refractivity contribution >= 4 is 24.4 Å². The van der Waals surface area contributed by atoms with E-state index in [2.05, 4.69) is 21.0 Å². The monoisotopic (exact) mass is 497 g/mol. The van der Waals surface area contributed by atoms with Crippen LogP contribution in [-0.2, 0) is 15.1 Å². The zero-order valence-corrected chi connectivity index (χ0v) is 20.9. The van der Waals surface area contributed by atoms with Crippen molar-refractivity contribution in [2.24, 2.45) is 21.6 Å². The minimum Gasteiger partial charge on any atom is -0.481 e. The third-order valence-corrected chi connectivity index (χ3v) is 5.61. The van der Waals surface area contributed by atoms with Crippen molar-refractivity contribution in [3.63, 3.8) is 0 Å². The first kappa shape index (κ1) is 30.2. The molecule has 2 atom stereocenters. The molecular weight excluding hydrogens is 462 g/mol. The lowest BCUT2D eigenvalue weighted by molar-refractivity contribution is -0.141. The second-order valence-electron chi connectivity index (χ2n) is 7.89. The summed E-state index contributed by atoms with van der Waals surface area (Å²) in [6.07, 6.45) is 4.36. The molecule has 0 radical (unpaired) electrons. The van der Waals surface area contributed by atoms with Crippen LogP contribution in [0.4, 0.5) is 0 Å². The van der Waals surface area contributed by atoms with E-state index in [-0.39, 0.29) is 18.6 Å². The van der Waals surface area contributed by atoms with Crippen LogP contribution in [0.25, 0.3) is 0 Å². The number of aliphatic imine (C=N–C) groups is 2. The van der Waals surface area contributed by atoms with Gasteiger partial charge in [0.05, 0.1) is 36.4 Å². The Morgan fingerprint density at radius 2 is 1.97 bits per heavy atom. The van der Waals surface area contributed by atoms with Gasteiger partial charge in [-0.3, -0.25) is 14.6 Å². The molecule has 0 amide bonds. The van der Waals surface area contributed by atoms with E-state index in [1.165, 1.54) is 0 Å². The van der Waals surface area contributed by atoms with Crippen LogP contribution in [0.15, 0.2) is 52.4 Å². The number of aliphatic hydroxyl groups is 1. The number of nitrogens with one attached hydrogen (secondary N) is 1. The fourth-order valence-electron chi connectivity index (χ4n) is 3.48. The van der Waals surface area contributed by atoms with E-state index < -0.39 is 11.6 Å². The number of carbonyl (C=O) groups excluding carboxylic acids is 1. The zero-order valence-electron chi connectivity index (χ0n) is 20.9. The number of nitrogens with zero attached hydrogens (tertiary/aromatic N) is 3. The van der Waals surface area contributed by atoms with E-state index in [1.807, 2.05) is 32.0 Å². The maximum absolute atomic E-state index is 10.2. The number of aldehydes is 1. The normalized spacial score (nSPS) is 19.1. The van der Waals surface area contributed by atoms with Crippen LogP contribution in [0.2, 0.25) is 0 Å². The molecule has 1 fully saturated rings. The van der Waals surface area contributed by atoms with Crippen molar-refractivity contribution in [3.05, 3.63) is 59.4 Å². The van der Waals surface area contributed by atoms with Crippen LogP contribution in [0, 0.1) is 17.2 Å². The molecule has 3 rings (SSSR count). The Morgan fingerprint density at radius 3 is 2.36 bits per heavy atom. The van der Waals surface area contributed by atoms with Gasteiger partial charge in [0.2, 0.25) is 0 Å². The van der Waals surface area contributed by atoms with Gasteiger partial charge in [-0.1, -0.05) is 44.2 Å². The molecule has 5 N–H and O–H groups in total. The Kier molecular flexibility index (Phi) is 13.4. The number of carbonyl (C=O) groups is 2. The minimum absolute atomic E-state index is 0.0872. The maximum Gasteiger partial charge on any atom is 0.306 e. The second-order valence-corrected chi connectivity index (χ2v) is 7.89. The summed E-state index contributed by atoms with van der Waals surface area (Å²) in [5.41, 5.74) is 6.25. The van der Waals surface area contributed by atoms with Gasteiger partial charge in [-0.05, 0) is 37.8 Å². The highest BCUT2D eigenvalue weighted by molar-refractivity contribution is 6.01. The Morgan fingerprint density at radius 1 is 1.31 bits per heavy atom. The van der Waals surface area contributed by atoms with Crippen molar-refractivity contribution in [1.29, 1.82) is 5.26 Å². The highest BCUT2D eigenvalue weighted by Crippen LogP contribution is 2.38. The van der Waals surface area contributed by atoms with E-state index in [9.17, 15) is 14.9 Å². The number of benzene rings is 1. The summed E-state index contributed by atoms with van der Waals surface area (Å²) in [6.45, 7) is 3.70. The van der Waals surface area contributed by atoms with Gasteiger partial charge in [0.1, 0.15) is 12.4 Å². The summed E-state index contributed by atoms with van der Waals surface area (Å²) in [5, 5.41) is 27.0. The third kappa shape index (κ3) is 8.76. The summed E-state index contributed by atoms with van der Waals surface area (Å²) < 4.78 is 5.67. The Bertz CT molecular complexity index is 1040. The number of nitriles is 1. The first-order valence-corrected chi connectivity index (χ1v) is 11.7. The molecule has 10 nitrogen and oxygen atoms in total. The number of aromatic nitrogens is 1. The van der Waals surface area contributed by atoms with Crippen LogP contribution >= 0.6 is 0 Å². The zero-order chi connectivity index (χ0) is 27.0. The fourth-order valence-corrected chi connectivity index (χ4v) is 3.48. The van der Waals surface area contributed by atoms with Crippen molar-refractivity contribution in [2.45, 2.75) is 51.2 Å². The molecular formula is C26H35N5O5. The van der Waals surface area contributed by atoms with Crippen LogP contribution in [-0.4, -0.2) is 59.4 Å². The predicted molar refractivity (Wildman–Crippen MR) is 138 cm³/mol. The number of amidine groups is 1. The molecule has 0 bridgehead atoms. The van der Waals surface area contributed by atoms with E-state index in [0.29, 0.717) is 30.1 Å². The minimum atomic E-state index is -1.04. The topological polar surface area (TPSA) is 174 Å². The quantitative estimate of drug-likeness (QED) is 0.258. The van der Waals surface area contributed by atoms with E-state index in [0.717, 1.165) is 31.0 Å². The number of ether oxygens (including phenoxy) is 1. The molecule has 0 spiro atoms. The summed E-state index contributed by atoms with van der Waals surface area (Å²) in [5.74, 6) is -0.353. The highest BCUT2D eigenvalue weighted by atomic mass is 16.5. The lowest BCUT2D eigenvalue weighted by Crippen LogP contribution is -2.26. The molecule has 1 aromatic carbocycles. The number of carboxylic acids is 1. The Labute approximate surface area is 211 Å². The summed E-state index contributed by atoms with van der Waals surface area (Å²) in [6, 6.07) is 14.8. The van der Waals surface area contributed by atoms with E-state index in [4.69, 9.17) is 20.7 Å². The molecule has 2 unspecified atom stereocenters. The fraction of sp³-hybridized carbons (Fsp3) is 0.423. The van der Waals surface area contributed by atoms with Crippen LogP contribution in [0.5, 0.6) is 0 Å². The molecule has 2 aromatic rings. The summed E-state index contributed by atoms with van der Waals surface area (Å²) >= 11 is 0. The third-order valence-electron chi connectivity index (χ3n) is 5.61. The van der Waals surface area contributed by atoms with Crippen molar-refractivity contribution in [1.82, 2.24) is 4.98 Å². The van der Waals surface area contributed by atoms with Gasteiger partial charge in [0.25, 0.3) is 0 Å². The van der Waals surface area contributed by atoms with Gasteiger partial charge in [0.15, 0.2) is 11.4 Å². The maximum atomic E-state index is 10.2. The van der Waals surface area contributed by atoms with Crippen molar-refractivity contribution in [2.75, 3.05) is 13.7 Å². The van der Waals surface area contributed by atoms with Gasteiger partial charge < -0.3 is 25.7 Å². The number of hydrogen-bond acceptors (Lipinski definition) is 6. The largest absolute Gasteiger partial charge is 0.481 e. The van der Waals surface area contributed by atoms with Crippen LogP contribution in [0.1, 0.15) is 61.3 Å². The predicted octanol–water partition coefficient (Wildman–Crippen LogP) is 3.27. The average molecular weight is 498 g/mol. The number of rotatable bonds is 7. The summed E-state index contributed by atoms with van der Waals surface area (Å²) in [4.78, 5) is 31.2. The number of hydrogen-bond donors (Lipinski definition) is 4. The molecule has 0 aliphatic carbocycles. The van der Waals surface area contributed by atoms with Crippen LogP contribution < -0.4 is 5.73 Å². The second kappa shape index (κ2) is 16.0. The number of H-pyrrole nitrogens is 1. The van der Waals surface area contributed by atoms with Crippen molar-refractivity contribution < 1.29 is 24.5 Å². The van der Waals surface area contributed by atoms with E-state index >= 15 is 0 Å². The van der Waals surface area contributed by atoms with Gasteiger partial charge in [-0.15, -0.1) is 0 Å². The lowest BCUT2D eigenvalue weighted by atomic mass is 9.98. The Hall–Kier alpha value is -3.81. The average Bonchev–Trinajstić information content (AvgIpc) is 3.57. The number of carboxylic acid groups (broad SMARTS) is 1. The van der Waals surface area contributed by atoms with Gasteiger partial charge in [-0.25, -0.2) is 4.99 Å². The van der Waals surface area contributed by atoms with Crippen molar-refractivity contribution in [3.8, 4) is 6.07 Å². The smallest absolute Gasteiger partial charge is 0.306 e. The molecule has 1 aliphatic heterocycles. The first-order valence-electron chi connectivity index (χ1n) is 11.7. The molecule has 1 saturated heterocycles. The summed E-state index contributed by atoms with van der Waals surface area (Å²) in [7, 11) is 1.61. The molecule has 36 heavy (non-hydrogen) atoms. The van der Waals surface area contributed by atoms with Gasteiger partial charge in [-0.2, -0.15) is 5.26 Å². The number of aliphatic carboxylic acids is 1. The molecule has 2 heterocycles. The molecule has 0 saturated carbocycles. The highest BCUT2D eigenvalue weighted by Gasteiger charge is 2.43. The number of aromatic amines is 1. The standard InChI is InChI=1S/C13H17N5O2.C7H6O.C6H12O2/c1-16-12(17-8-15)10-2-3-11(18-10)13(7-14)5-4-9(6-19)20-13;8-6-7-4-2-1-3-5-7;1-3-5(4-2)6(7)8/h2-3,8-9,18-19H,4-6H2,1H3,(H2,15,16,17);1-6H;5H,3-4H2,1-2H3,(H,7,8). The number of aliphatic hydroxyl groups excluding tert-OH is 1. The number of nitrogens with two attached hydrogens (primary N) is 1. The Balaban J connectivity index is 0.000000333. The molecule has 1 aromatic heterocycles. The van der Waals surface area contributed by atoms with Gasteiger partial charge >= 0.3 is 5.97 Å².